The van der Waals surface area contributed by atoms with E-state index in [-0.39, 0.29) is 12.6 Å². The number of likely N-dealkylation sites (N-methyl/N-ethyl adjacent to an activating group) is 1. The summed E-state index contributed by atoms with van der Waals surface area (Å²) in [4.78, 5) is 13.3. The van der Waals surface area contributed by atoms with Gasteiger partial charge in [0, 0.05) is 6.04 Å². The Morgan fingerprint density at radius 2 is 2.38 bits per heavy atom. The zero-order chi connectivity index (χ0) is 12.1. The lowest BCUT2D eigenvalue weighted by Crippen LogP contribution is -2.31. The second kappa shape index (κ2) is 5.67. The van der Waals surface area contributed by atoms with Gasteiger partial charge in [-0.2, -0.15) is 0 Å². The number of ether oxygens (including phenoxy) is 1. The summed E-state index contributed by atoms with van der Waals surface area (Å²) >= 11 is 0. The average Bonchev–Trinajstić information content (AvgIpc) is 2.74. The maximum atomic E-state index is 11.4. The summed E-state index contributed by atoms with van der Waals surface area (Å²) in [7, 11) is 3.18. The second-order valence-corrected chi connectivity index (χ2v) is 3.70. The molecule has 1 unspecified atom stereocenters. The van der Waals surface area contributed by atoms with E-state index in [1.165, 1.54) is 13.4 Å². The number of carbonyl (C=O) groups is 1. The fourth-order valence-electron chi connectivity index (χ4n) is 1.28. The van der Waals surface area contributed by atoms with Crippen molar-refractivity contribution < 1.29 is 19.1 Å². The highest BCUT2D eigenvalue weighted by Crippen LogP contribution is 2.14. The molecule has 1 heterocycles. The molecule has 1 N–H and O–H groups in total. The van der Waals surface area contributed by atoms with Crippen LogP contribution in [-0.2, 0) is 11.3 Å². The monoisotopic (exact) mass is 227 g/mol. The van der Waals surface area contributed by atoms with Crippen LogP contribution < -0.4 is 0 Å². The van der Waals surface area contributed by atoms with E-state index in [9.17, 15) is 4.79 Å². The van der Waals surface area contributed by atoms with Gasteiger partial charge in [-0.15, -0.1) is 0 Å². The first-order valence-corrected chi connectivity index (χ1v) is 5.06. The number of methoxy groups -OCH3 is 1. The Kier molecular flexibility index (Phi) is 4.52. The number of rotatable bonds is 5. The molecule has 0 bridgehead atoms. The van der Waals surface area contributed by atoms with E-state index in [2.05, 4.69) is 4.74 Å². The maximum Gasteiger partial charge on any atom is 0.341 e. The Morgan fingerprint density at radius 3 is 2.94 bits per heavy atom. The lowest BCUT2D eigenvalue weighted by atomic mass is 10.2. The van der Waals surface area contributed by atoms with Crippen molar-refractivity contribution >= 4 is 5.97 Å². The molecule has 16 heavy (non-hydrogen) atoms. The van der Waals surface area contributed by atoms with E-state index in [4.69, 9.17) is 9.52 Å². The van der Waals surface area contributed by atoms with Crippen molar-refractivity contribution in [2.24, 2.45) is 0 Å². The zero-order valence-corrected chi connectivity index (χ0v) is 9.77. The van der Waals surface area contributed by atoms with Crippen LogP contribution in [0.4, 0.5) is 0 Å². The number of hydrogen-bond donors (Lipinski definition) is 1. The van der Waals surface area contributed by atoms with Crippen LogP contribution in [-0.4, -0.2) is 42.8 Å². The molecule has 0 spiro atoms. The summed E-state index contributed by atoms with van der Waals surface area (Å²) in [5, 5.41) is 8.99. The van der Waals surface area contributed by atoms with E-state index >= 15 is 0 Å². The van der Waals surface area contributed by atoms with E-state index in [0.717, 1.165) is 0 Å². The fourth-order valence-corrected chi connectivity index (χ4v) is 1.28. The van der Waals surface area contributed by atoms with Gasteiger partial charge in [0.2, 0.25) is 0 Å². The Morgan fingerprint density at radius 1 is 1.69 bits per heavy atom. The largest absolute Gasteiger partial charge is 0.467 e. The third-order valence-electron chi connectivity index (χ3n) is 2.56. The van der Waals surface area contributed by atoms with E-state index in [1.54, 1.807) is 6.07 Å². The van der Waals surface area contributed by atoms with E-state index < -0.39 is 5.97 Å². The van der Waals surface area contributed by atoms with Gasteiger partial charge >= 0.3 is 5.97 Å². The van der Waals surface area contributed by atoms with Crippen molar-refractivity contribution in [3.63, 3.8) is 0 Å². The van der Waals surface area contributed by atoms with Crippen LogP contribution in [0.15, 0.2) is 16.7 Å². The first kappa shape index (κ1) is 12.7. The van der Waals surface area contributed by atoms with Gasteiger partial charge in [0.15, 0.2) is 0 Å². The quantitative estimate of drug-likeness (QED) is 0.756. The Bertz CT molecular complexity index is 348. The van der Waals surface area contributed by atoms with Crippen molar-refractivity contribution in [3.05, 3.63) is 23.7 Å². The summed E-state index contributed by atoms with van der Waals surface area (Å²) in [6, 6.07) is 1.59. The van der Waals surface area contributed by atoms with Crippen molar-refractivity contribution in [3.8, 4) is 0 Å². The molecule has 5 nitrogen and oxygen atoms in total. The van der Waals surface area contributed by atoms with Crippen LogP contribution in [0.2, 0.25) is 0 Å². The third-order valence-corrected chi connectivity index (χ3v) is 2.56. The molecule has 1 aromatic rings. The summed E-state index contributed by atoms with van der Waals surface area (Å²) < 4.78 is 9.87. The second-order valence-electron chi connectivity index (χ2n) is 3.70. The average molecular weight is 227 g/mol. The summed E-state index contributed by atoms with van der Waals surface area (Å²) in [5.74, 6) is 0.142. The number of furan rings is 1. The first-order valence-electron chi connectivity index (χ1n) is 5.06. The Hall–Kier alpha value is -1.33. The molecule has 0 aromatic carbocycles. The van der Waals surface area contributed by atoms with Crippen LogP contribution in [0.3, 0.4) is 0 Å². The van der Waals surface area contributed by atoms with Crippen molar-refractivity contribution in [2.75, 3.05) is 20.8 Å². The topological polar surface area (TPSA) is 62.9 Å². The number of carbonyl (C=O) groups excluding carboxylic acids is 1. The molecule has 0 saturated heterocycles. The van der Waals surface area contributed by atoms with Gasteiger partial charge in [-0.1, -0.05) is 0 Å². The number of aliphatic hydroxyl groups excluding tert-OH is 1. The Balaban J connectivity index is 2.74. The van der Waals surface area contributed by atoms with Crippen LogP contribution in [0.25, 0.3) is 0 Å². The van der Waals surface area contributed by atoms with Crippen LogP contribution in [0.5, 0.6) is 0 Å². The third kappa shape index (κ3) is 2.84. The highest BCUT2D eigenvalue weighted by Gasteiger charge is 2.18. The number of nitrogens with zero attached hydrogens (tertiary/aromatic N) is 1. The minimum absolute atomic E-state index is 0.00981. The molecule has 1 aromatic heterocycles. The highest BCUT2D eigenvalue weighted by atomic mass is 16.5. The molecule has 0 radical (unpaired) electrons. The molecule has 0 amide bonds. The van der Waals surface area contributed by atoms with Gasteiger partial charge in [0.25, 0.3) is 0 Å². The molecule has 5 heteroatoms. The van der Waals surface area contributed by atoms with Crippen LogP contribution in [0, 0.1) is 0 Å². The lowest BCUT2D eigenvalue weighted by molar-refractivity contribution is 0.0595. The first-order chi connectivity index (χ1) is 7.60. The predicted octanol–water partition coefficient (Wildman–Crippen LogP) is 0.879. The van der Waals surface area contributed by atoms with E-state index in [0.29, 0.717) is 17.9 Å². The maximum absolute atomic E-state index is 11.4. The minimum atomic E-state index is -0.409. The predicted molar refractivity (Wildman–Crippen MR) is 58.1 cm³/mol. The van der Waals surface area contributed by atoms with Crippen molar-refractivity contribution in [1.29, 1.82) is 0 Å². The molecule has 0 aliphatic rings. The molecular weight excluding hydrogens is 210 g/mol. The van der Waals surface area contributed by atoms with Gasteiger partial charge in [0.1, 0.15) is 11.3 Å². The molecule has 1 atom stereocenters. The molecule has 90 valence electrons. The Labute approximate surface area is 94.6 Å². The van der Waals surface area contributed by atoms with Crippen molar-refractivity contribution in [1.82, 2.24) is 4.90 Å². The molecule has 0 aliphatic heterocycles. The summed E-state index contributed by atoms with van der Waals surface area (Å²) in [5.41, 5.74) is 0.430. The number of aliphatic hydroxyl groups is 1. The molecule has 0 saturated carbocycles. The van der Waals surface area contributed by atoms with Crippen molar-refractivity contribution in [2.45, 2.75) is 19.5 Å². The van der Waals surface area contributed by atoms with Crippen LogP contribution >= 0.6 is 0 Å². The molecule has 1 rings (SSSR count). The SMILES string of the molecule is COC(=O)c1ccoc1CN(C)C(C)CO. The van der Waals surface area contributed by atoms with E-state index in [1.807, 2.05) is 18.9 Å². The smallest absolute Gasteiger partial charge is 0.341 e. The molecule has 0 fully saturated rings. The molecular formula is C11H17NO4. The van der Waals surface area contributed by atoms with Crippen LogP contribution in [0.1, 0.15) is 23.0 Å². The minimum Gasteiger partial charge on any atom is -0.467 e. The summed E-state index contributed by atoms with van der Waals surface area (Å²) in [6.07, 6.45) is 1.46. The van der Waals surface area contributed by atoms with Gasteiger partial charge < -0.3 is 14.3 Å². The fraction of sp³-hybridized carbons (Fsp3) is 0.545. The normalized spacial score (nSPS) is 12.8. The standard InChI is InChI=1S/C11H17NO4/c1-8(7-13)12(2)6-10-9(4-5-16-10)11(14)15-3/h4-5,8,13H,6-7H2,1-3H3. The zero-order valence-electron chi connectivity index (χ0n) is 9.77. The van der Waals surface area contributed by atoms with Gasteiger partial charge in [-0.25, -0.2) is 4.79 Å². The highest BCUT2D eigenvalue weighted by molar-refractivity contribution is 5.90. The number of hydrogen-bond acceptors (Lipinski definition) is 5. The summed E-state index contributed by atoms with van der Waals surface area (Å²) in [6.45, 7) is 2.41. The van der Waals surface area contributed by atoms with Gasteiger partial charge in [0.05, 0.1) is 26.5 Å². The van der Waals surface area contributed by atoms with Gasteiger partial charge in [-0.05, 0) is 20.0 Å². The molecule has 0 aliphatic carbocycles. The van der Waals surface area contributed by atoms with Gasteiger partial charge in [-0.3, -0.25) is 4.90 Å². The lowest BCUT2D eigenvalue weighted by Gasteiger charge is -2.21. The number of esters is 1.